The number of halogens is 1. The molecule has 18 heavy (non-hydrogen) atoms. The van der Waals surface area contributed by atoms with Crippen molar-refractivity contribution < 1.29 is 0 Å². The van der Waals surface area contributed by atoms with Crippen LogP contribution in [0, 0.1) is 0 Å². The Morgan fingerprint density at radius 1 is 1.39 bits per heavy atom. The number of likely N-dealkylation sites (N-methyl/N-ethyl adjacent to an activating group) is 1. The van der Waals surface area contributed by atoms with Gasteiger partial charge < -0.3 is 10.2 Å². The first kappa shape index (κ1) is 14.5. The fourth-order valence-electron chi connectivity index (χ4n) is 2.59. The maximum atomic E-state index is 3.70. The minimum Gasteiger partial charge on any atom is -0.313 e. The first-order chi connectivity index (χ1) is 8.74. The topological polar surface area (TPSA) is 15.3 Å². The van der Waals surface area contributed by atoms with Gasteiger partial charge >= 0.3 is 0 Å². The molecule has 0 atom stereocenters. The maximum absolute atomic E-state index is 3.70. The molecule has 1 aromatic rings. The molecule has 1 aliphatic rings. The van der Waals surface area contributed by atoms with Crippen molar-refractivity contribution >= 4 is 27.3 Å². The van der Waals surface area contributed by atoms with E-state index in [4.69, 9.17) is 0 Å². The van der Waals surface area contributed by atoms with Gasteiger partial charge in [-0.15, -0.1) is 11.3 Å². The average Bonchev–Trinajstić information content (AvgIpc) is 2.76. The molecule has 0 saturated heterocycles. The molecule has 2 nitrogen and oxygen atoms in total. The van der Waals surface area contributed by atoms with Gasteiger partial charge in [-0.25, -0.2) is 0 Å². The number of nitrogens with zero attached hydrogens (tertiary/aromatic N) is 1. The largest absolute Gasteiger partial charge is 0.313 e. The molecule has 0 spiro atoms. The lowest BCUT2D eigenvalue weighted by Crippen LogP contribution is -2.36. The third kappa shape index (κ3) is 5.00. The van der Waals surface area contributed by atoms with E-state index >= 15 is 0 Å². The quantitative estimate of drug-likeness (QED) is 0.851. The van der Waals surface area contributed by atoms with Crippen molar-refractivity contribution in [3.8, 4) is 0 Å². The van der Waals surface area contributed by atoms with E-state index in [1.54, 1.807) is 11.3 Å². The van der Waals surface area contributed by atoms with Crippen molar-refractivity contribution in [3.63, 3.8) is 0 Å². The Morgan fingerprint density at radius 3 is 2.83 bits per heavy atom. The molecule has 2 rings (SSSR count). The lowest BCUT2D eigenvalue weighted by molar-refractivity contribution is 0.301. The van der Waals surface area contributed by atoms with Gasteiger partial charge in [-0.3, -0.25) is 0 Å². The van der Waals surface area contributed by atoms with E-state index in [9.17, 15) is 0 Å². The Balaban J connectivity index is 1.60. The molecule has 0 radical (unpaired) electrons. The highest BCUT2D eigenvalue weighted by Crippen LogP contribution is 2.21. The van der Waals surface area contributed by atoms with Crippen LogP contribution in [0.15, 0.2) is 15.2 Å². The number of thiophene rings is 1. The fourth-order valence-corrected chi connectivity index (χ4v) is 3.79. The van der Waals surface area contributed by atoms with Crippen LogP contribution in [0.5, 0.6) is 0 Å². The zero-order valence-electron chi connectivity index (χ0n) is 11.1. The fraction of sp³-hybridized carbons (Fsp3) is 0.714. The summed E-state index contributed by atoms with van der Waals surface area (Å²) in [6, 6.07) is 3.00. The van der Waals surface area contributed by atoms with Gasteiger partial charge in [0.15, 0.2) is 0 Å². The van der Waals surface area contributed by atoms with Gasteiger partial charge in [0.25, 0.3) is 0 Å². The van der Waals surface area contributed by atoms with Gasteiger partial charge in [0.1, 0.15) is 0 Å². The molecule has 1 aliphatic carbocycles. The van der Waals surface area contributed by atoms with Crippen LogP contribution in [0.4, 0.5) is 0 Å². The van der Waals surface area contributed by atoms with Crippen molar-refractivity contribution in [2.24, 2.45) is 0 Å². The molecular formula is C14H23BrN2S. The molecule has 1 heterocycles. The summed E-state index contributed by atoms with van der Waals surface area (Å²) < 4.78 is 1.23. The summed E-state index contributed by atoms with van der Waals surface area (Å²) in [5.41, 5.74) is 1.41. The third-order valence-corrected chi connectivity index (χ3v) is 5.16. The monoisotopic (exact) mass is 330 g/mol. The van der Waals surface area contributed by atoms with Gasteiger partial charge in [-0.1, -0.05) is 19.3 Å². The van der Waals surface area contributed by atoms with Crippen LogP contribution < -0.4 is 5.32 Å². The third-order valence-electron chi connectivity index (χ3n) is 3.61. The van der Waals surface area contributed by atoms with Crippen LogP contribution in [0.1, 0.15) is 37.7 Å². The van der Waals surface area contributed by atoms with Crippen molar-refractivity contribution in [1.82, 2.24) is 10.2 Å². The van der Waals surface area contributed by atoms with Crippen molar-refractivity contribution in [3.05, 3.63) is 20.8 Å². The zero-order chi connectivity index (χ0) is 12.8. The average molecular weight is 331 g/mol. The molecule has 1 fully saturated rings. The van der Waals surface area contributed by atoms with E-state index in [0.29, 0.717) is 0 Å². The molecule has 0 aliphatic heterocycles. The minimum atomic E-state index is 0.780. The Bertz CT molecular complexity index is 347. The second-order valence-electron chi connectivity index (χ2n) is 5.29. The molecular weight excluding hydrogens is 308 g/mol. The summed E-state index contributed by atoms with van der Waals surface area (Å²) in [7, 11) is 2.20. The van der Waals surface area contributed by atoms with E-state index < -0.39 is 0 Å². The highest BCUT2D eigenvalue weighted by Gasteiger charge is 2.12. The molecule has 0 unspecified atom stereocenters. The highest BCUT2D eigenvalue weighted by molar-refractivity contribution is 9.11. The first-order valence-corrected chi connectivity index (χ1v) is 8.56. The molecule has 0 bridgehead atoms. The van der Waals surface area contributed by atoms with E-state index in [0.717, 1.165) is 25.7 Å². The molecule has 0 aromatic carbocycles. The van der Waals surface area contributed by atoms with Crippen LogP contribution in [0.2, 0.25) is 0 Å². The Morgan fingerprint density at radius 2 is 2.17 bits per heavy atom. The van der Waals surface area contributed by atoms with Gasteiger partial charge in [-0.2, -0.15) is 0 Å². The SMILES string of the molecule is CN(CCNC1CCCCC1)Cc1csc(Br)c1. The van der Waals surface area contributed by atoms with E-state index in [1.807, 2.05) is 0 Å². The standard InChI is InChI=1S/C14H23BrN2S/c1-17(10-12-9-14(15)18-11-12)8-7-16-13-5-3-2-4-6-13/h9,11,13,16H,2-8,10H2,1H3. The number of hydrogen-bond acceptors (Lipinski definition) is 3. The van der Waals surface area contributed by atoms with Gasteiger partial charge in [0, 0.05) is 25.7 Å². The molecule has 1 aromatic heterocycles. The first-order valence-electron chi connectivity index (χ1n) is 6.89. The summed E-state index contributed by atoms with van der Waals surface area (Å²) in [6.45, 7) is 3.30. The Kier molecular flexibility index (Phi) is 6.15. The van der Waals surface area contributed by atoms with E-state index in [1.165, 1.54) is 41.5 Å². The zero-order valence-corrected chi connectivity index (χ0v) is 13.5. The summed E-state index contributed by atoms with van der Waals surface area (Å²) >= 11 is 5.28. The lowest BCUT2D eigenvalue weighted by Gasteiger charge is -2.24. The van der Waals surface area contributed by atoms with Crippen molar-refractivity contribution in [1.29, 1.82) is 0 Å². The maximum Gasteiger partial charge on any atom is 0.0701 e. The van der Waals surface area contributed by atoms with Gasteiger partial charge in [0.2, 0.25) is 0 Å². The van der Waals surface area contributed by atoms with Crippen LogP contribution >= 0.6 is 27.3 Å². The molecule has 1 saturated carbocycles. The number of rotatable bonds is 6. The number of hydrogen-bond donors (Lipinski definition) is 1. The smallest absolute Gasteiger partial charge is 0.0701 e. The molecule has 102 valence electrons. The summed E-state index contributed by atoms with van der Waals surface area (Å²) in [6.07, 6.45) is 7.01. The van der Waals surface area contributed by atoms with Crippen LogP contribution in [0.3, 0.4) is 0 Å². The minimum absolute atomic E-state index is 0.780. The molecule has 0 amide bonds. The van der Waals surface area contributed by atoms with E-state index in [2.05, 4.69) is 44.6 Å². The summed E-state index contributed by atoms with van der Waals surface area (Å²) in [5.74, 6) is 0. The summed E-state index contributed by atoms with van der Waals surface area (Å²) in [5, 5.41) is 5.93. The second kappa shape index (κ2) is 7.63. The Hall–Kier alpha value is 0.100. The predicted molar refractivity (Wildman–Crippen MR) is 83.2 cm³/mol. The van der Waals surface area contributed by atoms with Crippen LogP contribution in [-0.4, -0.2) is 31.1 Å². The lowest BCUT2D eigenvalue weighted by atomic mass is 9.95. The highest BCUT2D eigenvalue weighted by atomic mass is 79.9. The molecule has 4 heteroatoms. The number of nitrogens with one attached hydrogen (secondary N) is 1. The van der Waals surface area contributed by atoms with Crippen LogP contribution in [0.25, 0.3) is 0 Å². The van der Waals surface area contributed by atoms with Crippen molar-refractivity contribution in [2.75, 3.05) is 20.1 Å². The Labute approximate surface area is 123 Å². The van der Waals surface area contributed by atoms with E-state index in [-0.39, 0.29) is 0 Å². The van der Waals surface area contributed by atoms with Crippen LogP contribution in [-0.2, 0) is 6.54 Å². The second-order valence-corrected chi connectivity index (χ2v) is 7.58. The van der Waals surface area contributed by atoms with Gasteiger partial charge in [-0.05, 0) is 52.8 Å². The predicted octanol–water partition coefficient (Wildman–Crippen LogP) is 3.86. The van der Waals surface area contributed by atoms with Crippen molar-refractivity contribution in [2.45, 2.75) is 44.7 Å². The van der Waals surface area contributed by atoms with Gasteiger partial charge in [0.05, 0.1) is 3.79 Å². The molecule has 1 N–H and O–H groups in total. The summed E-state index contributed by atoms with van der Waals surface area (Å²) in [4.78, 5) is 2.39. The normalized spacial score (nSPS) is 17.5.